The number of rotatable bonds is 9. The average molecular weight is 501 g/mol. The fourth-order valence-corrected chi connectivity index (χ4v) is 6.14. The molecule has 0 amide bonds. The number of furan rings is 1. The number of hydrogen-bond acceptors (Lipinski definition) is 11. The third-order valence-electron chi connectivity index (χ3n) is 4.93. The van der Waals surface area contributed by atoms with Gasteiger partial charge in [-0.3, -0.25) is 0 Å². The summed E-state index contributed by atoms with van der Waals surface area (Å²) in [5, 5.41) is 17.7. The van der Waals surface area contributed by atoms with Crippen molar-refractivity contribution < 1.29 is 17.9 Å². The van der Waals surface area contributed by atoms with Crippen molar-refractivity contribution in [3.8, 4) is 0 Å². The van der Waals surface area contributed by atoms with E-state index in [0.717, 1.165) is 40.6 Å². The molecule has 0 aromatic carbocycles. The Hall–Kier alpha value is -2.06. The highest BCUT2D eigenvalue weighted by Crippen LogP contribution is 2.30. The van der Waals surface area contributed by atoms with Crippen molar-refractivity contribution in [2.24, 2.45) is 0 Å². The van der Waals surface area contributed by atoms with E-state index in [4.69, 9.17) is 4.42 Å². The number of sulfonamides is 1. The molecule has 0 radical (unpaired) electrons. The van der Waals surface area contributed by atoms with E-state index in [1.54, 1.807) is 11.6 Å². The first kappa shape index (κ1) is 24.6. The molecule has 13 heteroatoms. The number of nitrogens with zero attached hydrogens (tertiary/aromatic N) is 4. The van der Waals surface area contributed by atoms with Crippen molar-refractivity contribution in [3.63, 3.8) is 0 Å². The highest BCUT2D eigenvalue weighted by atomic mass is 32.3. The van der Waals surface area contributed by atoms with Crippen molar-refractivity contribution >= 4 is 45.1 Å². The Morgan fingerprint density at radius 2 is 1.97 bits per heavy atom. The third-order valence-corrected chi connectivity index (χ3v) is 8.97. The Kier molecular flexibility index (Phi) is 8.22. The van der Waals surface area contributed by atoms with Gasteiger partial charge in [0, 0.05) is 32.4 Å². The summed E-state index contributed by atoms with van der Waals surface area (Å²) in [6, 6.07) is 1.97. The van der Waals surface area contributed by atoms with Crippen LogP contribution in [0.4, 0.5) is 11.6 Å². The predicted molar refractivity (Wildman–Crippen MR) is 129 cm³/mol. The molecule has 3 N–H and O–H groups in total. The highest BCUT2D eigenvalue weighted by Gasteiger charge is 2.31. The molecule has 2 aromatic heterocycles. The van der Waals surface area contributed by atoms with Gasteiger partial charge in [0.25, 0.3) is 10.0 Å². The van der Waals surface area contributed by atoms with E-state index in [1.165, 1.54) is 11.2 Å². The molecule has 3 heterocycles. The van der Waals surface area contributed by atoms with E-state index in [1.807, 2.05) is 27.0 Å². The van der Waals surface area contributed by atoms with E-state index in [2.05, 4.69) is 24.3 Å². The fourth-order valence-electron chi connectivity index (χ4n) is 2.99. The van der Waals surface area contributed by atoms with Crippen LogP contribution in [0, 0.1) is 13.8 Å². The van der Waals surface area contributed by atoms with Gasteiger partial charge in [-0.15, -0.1) is 0 Å². The summed E-state index contributed by atoms with van der Waals surface area (Å²) in [7, 11) is -1.81. The number of aliphatic hydroxyl groups is 1. The van der Waals surface area contributed by atoms with Gasteiger partial charge in [-0.05, 0) is 44.9 Å². The number of hydrogen-bond donors (Lipinski definition) is 3. The topological polar surface area (TPSA) is 124 Å². The number of aromatic nitrogens is 2. The maximum atomic E-state index is 12.9. The smallest absolute Gasteiger partial charge is 0.252 e. The first-order valence-corrected chi connectivity index (χ1v) is 13.0. The zero-order valence-electron chi connectivity index (χ0n) is 18.5. The van der Waals surface area contributed by atoms with E-state index >= 15 is 0 Å². The fraction of sp³-hybridized carbons (Fsp3) is 0.474. The van der Waals surface area contributed by atoms with Crippen LogP contribution in [0.15, 0.2) is 32.1 Å². The molecule has 0 aliphatic carbocycles. The van der Waals surface area contributed by atoms with Crippen LogP contribution in [-0.4, -0.2) is 64.7 Å². The monoisotopic (exact) mass is 500 g/mol. The van der Waals surface area contributed by atoms with Crippen molar-refractivity contribution in [1.82, 2.24) is 18.0 Å². The second-order valence-corrected chi connectivity index (χ2v) is 11.0. The van der Waals surface area contributed by atoms with Gasteiger partial charge in [-0.2, -0.15) is 13.1 Å². The summed E-state index contributed by atoms with van der Waals surface area (Å²) in [6.45, 7) is 7.85. The van der Waals surface area contributed by atoms with Crippen molar-refractivity contribution in [2.75, 3.05) is 43.9 Å². The molecule has 32 heavy (non-hydrogen) atoms. The van der Waals surface area contributed by atoms with E-state index < -0.39 is 10.0 Å². The minimum Gasteiger partial charge on any atom is -0.511 e. The van der Waals surface area contributed by atoms with Crippen LogP contribution in [0.1, 0.15) is 24.0 Å². The second kappa shape index (κ2) is 10.7. The van der Waals surface area contributed by atoms with Gasteiger partial charge in [0.15, 0.2) is 15.9 Å². The Labute approximate surface area is 196 Å². The van der Waals surface area contributed by atoms with Crippen molar-refractivity contribution in [1.29, 1.82) is 0 Å². The third kappa shape index (κ3) is 6.04. The molecule has 0 atom stereocenters. The van der Waals surface area contributed by atoms with Gasteiger partial charge in [-0.25, -0.2) is 8.42 Å². The number of nitrogens with one attached hydrogen (secondary N) is 2. The van der Waals surface area contributed by atoms with Gasteiger partial charge in [0.1, 0.15) is 17.3 Å². The standard InChI is InChI=1S/C19H28N6O4S3/c1-13-11-16(29-15(13)3)12-21-18-17(22-31-23-18)20-5-10-30-19(14(2)26)32(27,28)25-8-6-24(4)7-9-25/h5,10-11,26H,6-9,12H2,1-4H3,(H,20,22)(H,21,23)/b10-5+,19-14-. The SMILES string of the molecule is C/C(O)=C(\S/C=C/Nc1nsnc1NCc1cc(C)c(C)o1)S(=O)(=O)N1CCN(C)CC1. The summed E-state index contributed by atoms with van der Waals surface area (Å²) in [4.78, 5) is 2.07. The second-order valence-electron chi connectivity index (χ2n) is 7.41. The maximum absolute atomic E-state index is 12.9. The first-order valence-electron chi connectivity index (χ1n) is 9.97. The molecule has 10 nitrogen and oxygen atoms in total. The molecule has 0 unspecified atom stereocenters. The number of aliphatic hydroxyl groups excluding tert-OH is 1. The van der Waals surface area contributed by atoms with Gasteiger partial charge in [0.05, 0.1) is 18.3 Å². The van der Waals surface area contributed by atoms with Crippen LogP contribution in [0.3, 0.4) is 0 Å². The lowest BCUT2D eigenvalue weighted by Crippen LogP contribution is -2.47. The van der Waals surface area contributed by atoms with Crippen LogP contribution in [0.25, 0.3) is 0 Å². The van der Waals surface area contributed by atoms with Gasteiger partial charge < -0.3 is 25.1 Å². The lowest BCUT2D eigenvalue weighted by molar-refractivity contribution is 0.223. The largest absolute Gasteiger partial charge is 0.511 e. The number of aryl methyl sites for hydroxylation is 2. The van der Waals surface area contributed by atoms with E-state index in [0.29, 0.717) is 44.4 Å². The lowest BCUT2D eigenvalue weighted by atomic mass is 10.3. The predicted octanol–water partition coefficient (Wildman–Crippen LogP) is 3.30. The van der Waals surface area contributed by atoms with Crippen LogP contribution < -0.4 is 10.6 Å². The average Bonchev–Trinajstić information content (AvgIpc) is 3.31. The minimum absolute atomic E-state index is 0.0848. The molecule has 3 rings (SSSR count). The number of allylic oxidation sites excluding steroid dienone is 1. The molecule has 1 fully saturated rings. The Bertz CT molecular complexity index is 1060. The zero-order chi connectivity index (χ0) is 23.3. The Balaban J connectivity index is 1.58. The summed E-state index contributed by atoms with van der Waals surface area (Å²) in [5.41, 5.74) is 1.09. The number of thioether (sulfide) groups is 1. The Morgan fingerprint density at radius 3 is 2.59 bits per heavy atom. The molecule has 1 aliphatic rings. The zero-order valence-corrected chi connectivity index (χ0v) is 20.9. The normalized spacial score (nSPS) is 17.0. The maximum Gasteiger partial charge on any atom is 0.252 e. The first-order chi connectivity index (χ1) is 15.2. The number of piperazine rings is 1. The number of likely N-dealkylation sites (N-methyl/N-ethyl adjacent to an activating group) is 1. The summed E-state index contributed by atoms with van der Waals surface area (Å²) in [5.74, 6) is 2.52. The van der Waals surface area contributed by atoms with Crippen LogP contribution in [-0.2, 0) is 16.6 Å². The molecular weight excluding hydrogens is 472 g/mol. The van der Waals surface area contributed by atoms with Crippen LogP contribution in [0.5, 0.6) is 0 Å². The number of anilines is 2. The van der Waals surface area contributed by atoms with Crippen molar-refractivity contribution in [3.05, 3.63) is 44.8 Å². The lowest BCUT2D eigenvalue weighted by Gasteiger charge is -2.31. The highest BCUT2D eigenvalue weighted by molar-refractivity contribution is 8.19. The molecule has 1 aliphatic heterocycles. The summed E-state index contributed by atoms with van der Waals surface area (Å²) < 4.78 is 41.3. The molecule has 0 spiro atoms. The van der Waals surface area contributed by atoms with E-state index in [9.17, 15) is 13.5 Å². The van der Waals surface area contributed by atoms with Crippen LogP contribution >= 0.6 is 23.5 Å². The molecule has 0 bridgehead atoms. The summed E-state index contributed by atoms with van der Waals surface area (Å²) in [6.07, 6.45) is 1.57. The molecule has 2 aromatic rings. The van der Waals surface area contributed by atoms with Gasteiger partial charge in [0.2, 0.25) is 0 Å². The molecule has 176 valence electrons. The molecule has 1 saturated heterocycles. The quantitative estimate of drug-likeness (QED) is 0.442. The summed E-state index contributed by atoms with van der Waals surface area (Å²) >= 11 is 1.99. The minimum atomic E-state index is -3.76. The molecule has 0 saturated carbocycles. The molecular formula is C19H28N6O4S3. The van der Waals surface area contributed by atoms with Gasteiger partial charge in [-0.1, -0.05) is 11.8 Å². The van der Waals surface area contributed by atoms with Gasteiger partial charge >= 0.3 is 0 Å². The van der Waals surface area contributed by atoms with Crippen molar-refractivity contribution in [2.45, 2.75) is 27.3 Å². The van der Waals surface area contributed by atoms with E-state index in [-0.39, 0.29) is 10.00 Å². The van der Waals surface area contributed by atoms with Crippen LogP contribution in [0.2, 0.25) is 0 Å². The Morgan fingerprint density at radius 1 is 1.28 bits per heavy atom.